The van der Waals surface area contributed by atoms with Gasteiger partial charge in [-0.05, 0) is 49.2 Å². The molecule has 0 aromatic heterocycles. The van der Waals surface area contributed by atoms with Crippen molar-refractivity contribution in [1.82, 2.24) is 9.62 Å². The van der Waals surface area contributed by atoms with Gasteiger partial charge in [0.25, 0.3) is 0 Å². The lowest BCUT2D eigenvalue weighted by molar-refractivity contribution is -0.136. The molecule has 2 aromatic rings. The van der Waals surface area contributed by atoms with Crippen LogP contribution in [-0.4, -0.2) is 58.5 Å². The minimum absolute atomic E-state index is 0.0144. The smallest absolute Gasteiger partial charge is 0.243 e. The Morgan fingerprint density at radius 2 is 1.64 bits per heavy atom. The highest BCUT2D eigenvalue weighted by Gasteiger charge is 2.32. The number of hydrogen-bond donors (Lipinski definition) is 2. The van der Waals surface area contributed by atoms with Gasteiger partial charge in [0.2, 0.25) is 21.8 Å². The van der Waals surface area contributed by atoms with Crippen LogP contribution in [0.3, 0.4) is 0 Å². The minimum atomic E-state index is -3.97. The molecule has 9 nitrogen and oxygen atoms in total. The first-order valence-electron chi connectivity index (χ1n) is 10.5. The first-order chi connectivity index (χ1) is 15.6. The first kappa shape index (κ1) is 26.1. The summed E-state index contributed by atoms with van der Waals surface area (Å²) in [6, 6.07) is 11.7. The predicted octanol–water partition coefficient (Wildman–Crippen LogP) is 2.49. The van der Waals surface area contributed by atoms with Gasteiger partial charge in [-0.1, -0.05) is 19.9 Å². The van der Waals surface area contributed by atoms with Crippen molar-refractivity contribution in [3.05, 3.63) is 48.5 Å². The van der Waals surface area contributed by atoms with Crippen LogP contribution in [0.2, 0.25) is 0 Å². The second-order valence-electron chi connectivity index (χ2n) is 7.65. The number of carbonyl (C=O) groups is 2. The molecule has 0 radical (unpaired) electrons. The van der Waals surface area contributed by atoms with Crippen molar-refractivity contribution in [1.29, 1.82) is 0 Å². The maximum atomic E-state index is 13.2. The Morgan fingerprint density at radius 1 is 1.00 bits per heavy atom. The van der Waals surface area contributed by atoms with Crippen LogP contribution in [0.5, 0.6) is 11.5 Å². The van der Waals surface area contributed by atoms with Crippen molar-refractivity contribution in [2.24, 2.45) is 5.92 Å². The van der Waals surface area contributed by atoms with E-state index in [-0.39, 0.29) is 23.9 Å². The molecule has 2 N–H and O–H groups in total. The molecule has 180 valence electrons. The van der Waals surface area contributed by atoms with Gasteiger partial charge in [0, 0.05) is 18.3 Å². The van der Waals surface area contributed by atoms with E-state index in [9.17, 15) is 18.0 Å². The normalized spacial score (nSPS) is 12.2. The third-order valence-corrected chi connectivity index (χ3v) is 6.42. The molecular formula is C23H31N3O6S. The lowest BCUT2D eigenvalue weighted by Crippen LogP contribution is -2.52. The Kier molecular flexibility index (Phi) is 9.24. The zero-order valence-corrected chi connectivity index (χ0v) is 20.3. The average Bonchev–Trinajstić information content (AvgIpc) is 2.80. The van der Waals surface area contributed by atoms with E-state index in [2.05, 4.69) is 10.0 Å². The van der Waals surface area contributed by atoms with Crippen LogP contribution in [0, 0.1) is 5.92 Å². The molecule has 2 amide bonds. The zero-order chi connectivity index (χ0) is 24.6. The van der Waals surface area contributed by atoms with Gasteiger partial charge in [0.05, 0.1) is 25.7 Å². The Balaban J connectivity index is 2.13. The minimum Gasteiger partial charge on any atom is -0.497 e. The van der Waals surface area contributed by atoms with Gasteiger partial charge < -0.3 is 19.7 Å². The van der Waals surface area contributed by atoms with Gasteiger partial charge in [-0.3, -0.25) is 9.59 Å². The summed E-state index contributed by atoms with van der Waals surface area (Å²) in [4.78, 5) is 27.1. The van der Waals surface area contributed by atoms with Gasteiger partial charge in [-0.15, -0.1) is 0 Å². The molecule has 0 heterocycles. The second kappa shape index (κ2) is 11.7. The van der Waals surface area contributed by atoms with Crippen LogP contribution in [0.1, 0.15) is 20.8 Å². The van der Waals surface area contributed by atoms with E-state index in [0.29, 0.717) is 17.2 Å². The summed E-state index contributed by atoms with van der Waals surface area (Å²) in [5.41, 5.74) is 0.531. The second-order valence-corrected chi connectivity index (χ2v) is 9.37. The fourth-order valence-electron chi connectivity index (χ4n) is 3.08. The van der Waals surface area contributed by atoms with Crippen LogP contribution in [0.4, 0.5) is 5.69 Å². The van der Waals surface area contributed by atoms with Crippen molar-refractivity contribution in [2.45, 2.75) is 31.7 Å². The molecule has 0 bridgehead atoms. The number of ether oxygens (including phenoxy) is 2. The Labute approximate surface area is 195 Å². The number of sulfonamides is 1. The summed E-state index contributed by atoms with van der Waals surface area (Å²) < 4.78 is 38.4. The molecular weight excluding hydrogens is 446 g/mol. The highest BCUT2D eigenvalue weighted by atomic mass is 32.2. The van der Waals surface area contributed by atoms with E-state index in [1.807, 2.05) is 0 Å². The summed E-state index contributed by atoms with van der Waals surface area (Å²) in [5, 5.41) is 2.73. The number of benzene rings is 2. The molecule has 1 atom stereocenters. The number of nitrogens with one attached hydrogen (secondary N) is 2. The van der Waals surface area contributed by atoms with Crippen molar-refractivity contribution in [3.63, 3.8) is 0 Å². The van der Waals surface area contributed by atoms with Gasteiger partial charge in [0.15, 0.2) is 0 Å². The van der Waals surface area contributed by atoms with Gasteiger partial charge in [0.1, 0.15) is 17.5 Å². The number of amides is 2. The highest BCUT2D eigenvalue weighted by molar-refractivity contribution is 7.89. The van der Waals surface area contributed by atoms with Crippen molar-refractivity contribution in [3.8, 4) is 11.5 Å². The number of nitrogens with zero attached hydrogens (tertiary/aromatic N) is 1. The van der Waals surface area contributed by atoms with Crippen LogP contribution in [-0.2, 0) is 19.6 Å². The van der Waals surface area contributed by atoms with Crippen LogP contribution in [0.25, 0.3) is 0 Å². The fraction of sp³-hybridized carbons (Fsp3) is 0.391. The van der Waals surface area contributed by atoms with Crippen LogP contribution in [0.15, 0.2) is 53.4 Å². The molecule has 10 heteroatoms. The zero-order valence-electron chi connectivity index (χ0n) is 19.5. The van der Waals surface area contributed by atoms with E-state index in [4.69, 9.17) is 9.47 Å². The molecule has 2 rings (SSSR count). The molecule has 0 saturated carbocycles. The number of likely N-dealkylation sites (N-methyl/N-ethyl adjacent to an activating group) is 1. The monoisotopic (exact) mass is 477 g/mol. The molecule has 2 aromatic carbocycles. The molecule has 0 aliphatic carbocycles. The lowest BCUT2D eigenvalue weighted by atomic mass is 10.0. The fourth-order valence-corrected chi connectivity index (χ4v) is 4.42. The molecule has 0 saturated heterocycles. The van der Waals surface area contributed by atoms with E-state index in [1.54, 1.807) is 45.0 Å². The molecule has 0 unspecified atom stereocenters. The standard InChI is InChI=1S/C23H31N3O6S/c1-6-26(15-21(27)24-17-8-7-9-19(14-17)32-5)23(28)22(16(2)3)25-33(29,30)20-12-10-18(31-4)11-13-20/h7-14,16,22,25H,6,15H2,1-5H3,(H,24,27)/t22-/m0/s1. The molecule has 0 aliphatic rings. The number of methoxy groups -OCH3 is 2. The van der Waals surface area contributed by atoms with E-state index in [0.717, 1.165) is 0 Å². The number of hydrogen-bond acceptors (Lipinski definition) is 6. The van der Waals surface area contributed by atoms with E-state index >= 15 is 0 Å². The summed E-state index contributed by atoms with van der Waals surface area (Å²) in [7, 11) is -0.958. The molecule has 0 fully saturated rings. The van der Waals surface area contributed by atoms with E-state index < -0.39 is 27.9 Å². The Bertz CT molecular complexity index is 1050. The first-order valence-corrected chi connectivity index (χ1v) is 12.0. The molecule has 33 heavy (non-hydrogen) atoms. The topological polar surface area (TPSA) is 114 Å². The summed E-state index contributed by atoms with van der Waals surface area (Å²) in [6.45, 7) is 5.22. The third kappa shape index (κ3) is 7.19. The van der Waals surface area contributed by atoms with Crippen molar-refractivity contribution >= 4 is 27.5 Å². The summed E-state index contributed by atoms with van der Waals surface area (Å²) in [5.74, 6) is -0.126. The van der Waals surface area contributed by atoms with Crippen molar-refractivity contribution < 1.29 is 27.5 Å². The van der Waals surface area contributed by atoms with Gasteiger partial charge in [-0.25, -0.2) is 8.42 Å². The molecule has 0 spiro atoms. The van der Waals surface area contributed by atoms with Gasteiger partial charge >= 0.3 is 0 Å². The maximum Gasteiger partial charge on any atom is 0.243 e. The van der Waals surface area contributed by atoms with E-state index in [1.165, 1.54) is 43.4 Å². The molecule has 0 aliphatic heterocycles. The Hall–Kier alpha value is -3.11. The highest BCUT2D eigenvalue weighted by Crippen LogP contribution is 2.19. The predicted molar refractivity (Wildman–Crippen MR) is 126 cm³/mol. The van der Waals surface area contributed by atoms with Gasteiger partial charge in [-0.2, -0.15) is 4.72 Å². The van der Waals surface area contributed by atoms with Crippen LogP contribution < -0.4 is 19.5 Å². The quantitative estimate of drug-likeness (QED) is 0.514. The van der Waals surface area contributed by atoms with Crippen molar-refractivity contribution in [2.75, 3.05) is 32.6 Å². The summed E-state index contributed by atoms with van der Waals surface area (Å²) in [6.07, 6.45) is 0. The maximum absolute atomic E-state index is 13.2. The number of carbonyl (C=O) groups excluding carboxylic acids is 2. The number of anilines is 1. The summed E-state index contributed by atoms with van der Waals surface area (Å²) >= 11 is 0. The third-order valence-electron chi connectivity index (χ3n) is 4.97. The Morgan fingerprint density at radius 3 is 2.18 bits per heavy atom. The van der Waals surface area contributed by atoms with Crippen LogP contribution >= 0.6 is 0 Å². The lowest BCUT2D eigenvalue weighted by Gasteiger charge is -2.28. The average molecular weight is 478 g/mol. The largest absolute Gasteiger partial charge is 0.497 e. The SMILES string of the molecule is CCN(CC(=O)Nc1cccc(OC)c1)C(=O)[C@@H](NS(=O)(=O)c1ccc(OC)cc1)C(C)C. The number of rotatable bonds is 11.